The van der Waals surface area contributed by atoms with Gasteiger partial charge in [-0.2, -0.15) is 5.10 Å². The normalized spacial score (nSPS) is 11.3. The van der Waals surface area contributed by atoms with Gasteiger partial charge in [0.1, 0.15) is 5.69 Å². The summed E-state index contributed by atoms with van der Waals surface area (Å²) in [5.41, 5.74) is 1.73. The predicted octanol–water partition coefficient (Wildman–Crippen LogP) is 4.84. The van der Waals surface area contributed by atoms with Gasteiger partial charge >= 0.3 is 0 Å². The Balaban J connectivity index is 1.93. The van der Waals surface area contributed by atoms with E-state index in [1.54, 1.807) is 12.1 Å². The number of benzene rings is 3. The van der Waals surface area contributed by atoms with Gasteiger partial charge in [0, 0.05) is 11.6 Å². The van der Waals surface area contributed by atoms with Gasteiger partial charge in [-0.3, -0.25) is 5.43 Å². The Morgan fingerprint density at radius 2 is 1.48 bits per heavy atom. The number of nitrogens with one attached hydrogen (secondary N) is 1. The first kappa shape index (κ1) is 15.0. The first-order chi connectivity index (χ1) is 11.1. The van der Waals surface area contributed by atoms with Crippen LogP contribution < -0.4 is 5.43 Å². The molecule has 0 spiro atoms. The minimum Gasteiger partial charge on any atom is -0.272 e. The zero-order chi connectivity index (χ0) is 16.4. The number of anilines is 1. The lowest BCUT2D eigenvalue weighted by molar-refractivity contribution is 0.458. The molecule has 6 heteroatoms. The number of hydrogen-bond donors (Lipinski definition) is 1. The smallest absolute Gasteiger partial charge is 0.186 e. The third-order valence-electron chi connectivity index (χ3n) is 3.32. The number of nitrogens with zero attached hydrogens (tertiary/aromatic N) is 1. The third kappa shape index (κ3) is 2.88. The van der Waals surface area contributed by atoms with E-state index in [9.17, 15) is 17.6 Å². The number of hydrazone groups is 1. The first-order valence-electron chi connectivity index (χ1n) is 6.68. The van der Waals surface area contributed by atoms with E-state index in [4.69, 9.17) is 0 Å². The fourth-order valence-electron chi connectivity index (χ4n) is 2.20. The van der Waals surface area contributed by atoms with Crippen molar-refractivity contribution >= 4 is 22.7 Å². The Morgan fingerprint density at radius 3 is 2.22 bits per heavy atom. The summed E-state index contributed by atoms with van der Waals surface area (Å²) in [5, 5.41) is 5.52. The molecule has 3 aromatic rings. The van der Waals surface area contributed by atoms with Crippen molar-refractivity contribution in [2.75, 3.05) is 5.43 Å². The fourth-order valence-corrected chi connectivity index (χ4v) is 2.20. The minimum atomic E-state index is -1.53. The minimum absolute atomic E-state index is 0.143. The van der Waals surface area contributed by atoms with Crippen molar-refractivity contribution in [1.82, 2.24) is 0 Å². The van der Waals surface area contributed by atoms with Crippen LogP contribution in [-0.4, -0.2) is 6.21 Å². The molecule has 3 rings (SSSR count). The Morgan fingerprint density at radius 1 is 0.826 bits per heavy atom. The van der Waals surface area contributed by atoms with Gasteiger partial charge in [-0.15, -0.1) is 0 Å². The maximum atomic E-state index is 13.5. The van der Waals surface area contributed by atoms with E-state index in [1.807, 2.05) is 35.8 Å². The molecule has 0 unspecified atom stereocenters. The van der Waals surface area contributed by atoms with Crippen LogP contribution in [0.3, 0.4) is 0 Å². The van der Waals surface area contributed by atoms with Crippen molar-refractivity contribution in [3.8, 4) is 0 Å². The van der Waals surface area contributed by atoms with Gasteiger partial charge < -0.3 is 0 Å². The molecule has 0 heterocycles. The van der Waals surface area contributed by atoms with Crippen molar-refractivity contribution < 1.29 is 17.6 Å². The highest BCUT2D eigenvalue weighted by Crippen LogP contribution is 2.24. The van der Waals surface area contributed by atoms with Gasteiger partial charge in [-0.05, 0) is 10.8 Å². The van der Waals surface area contributed by atoms with Crippen LogP contribution in [-0.2, 0) is 0 Å². The van der Waals surface area contributed by atoms with Gasteiger partial charge in [-0.25, -0.2) is 17.6 Å². The van der Waals surface area contributed by atoms with Gasteiger partial charge in [0.25, 0.3) is 0 Å². The number of halogens is 4. The van der Waals surface area contributed by atoms with E-state index in [2.05, 4.69) is 5.10 Å². The highest BCUT2D eigenvalue weighted by molar-refractivity contribution is 5.99. The van der Waals surface area contributed by atoms with Gasteiger partial charge in [0.15, 0.2) is 23.3 Å². The largest absolute Gasteiger partial charge is 0.272 e. The SMILES string of the molecule is Fc1cc(F)c(F)c(N/N=C/c2cccc3ccccc23)c1F. The Labute approximate surface area is 129 Å². The second-order valence-electron chi connectivity index (χ2n) is 4.78. The molecular weight excluding hydrogens is 308 g/mol. The molecule has 3 aromatic carbocycles. The average molecular weight is 318 g/mol. The van der Waals surface area contributed by atoms with Crippen molar-refractivity contribution in [1.29, 1.82) is 0 Å². The topological polar surface area (TPSA) is 24.4 Å². The molecule has 0 aliphatic carbocycles. The predicted molar refractivity (Wildman–Crippen MR) is 81.4 cm³/mol. The molecule has 0 aliphatic rings. The van der Waals surface area contributed by atoms with Crippen LogP contribution in [0.2, 0.25) is 0 Å². The van der Waals surface area contributed by atoms with Gasteiger partial charge in [0.2, 0.25) is 0 Å². The summed E-state index contributed by atoms with van der Waals surface area (Å²) in [7, 11) is 0. The average Bonchev–Trinajstić information content (AvgIpc) is 2.56. The highest BCUT2D eigenvalue weighted by Gasteiger charge is 2.18. The number of hydrogen-bond acceptors (Lipinski definition) is 2. The number of fused-ring (bicyclic) bond motifs is 1. The quantitative estimate of drug-likeness (QED) is 0.318. The van der Waals surface area contributed by atoms with E-state index in [0.717, 1.165) is 10.8 Å². The highest BCUT2D eigenvalue weighted by atomic mass is 19.2. The standard InChI is InChI=1S/C17H10F4N2/c18-13-8-14(19)16(21)17(15(13)20)23-22-9-11-6-3-5-10-4-1-2-7-12(10)11/h1-9,23H/b22-9+. The molecule has 23 heavy (non-hydrogen) atoms. The van der Waals surface area contributed by atoms with E-state index in [0.29, 0.717) is 5.56 Å². The molecule has 0 bridgehead atoms. The summed E-state index contributed by atoms with van der Waals surface area (Å²) in [5.74, 6) is -6.04. The maximum absolute atomic E-state index is 13.5. The molecule has 116 valence electrons. The molecule has 0 saturated heterocycles. The maximum Gasteiger partial charge on any atom is 0.186 e. The molecule has 1 N–H and O–H groups in total. The van der Waals surface area contributed by atoms with Crippen LogP contribution in [0.4, 0.5) is 23.2 Å². The summed E-state index contributed by atoms with van der Waals surface area (Å²) < 4.78 is 53.2. The summed E-state index contributed by atoms with van der Waals surface area (Å²) in [6, 6.07) is 13.1. The molecule has 0 aliphatic heterocycles. The molecule has 0 amide bonds. The zero-order valence-electron chi connectivity index (χ0n) is 11.7. The van der Waals surface area contributed by atoms with Crippen LogP contribution in [0.5, 0.6) is 0 Å². The van der Waals surface area contributed by atoms with E-state index in [-0.39, 0.29) is 6.07 Å². The monoisotopic (exact) mass is 318 g/mol. The molecule has 0 radical (unpaired) electrons. The molecular formula is C17H10F4N2. The van der Waals surface area contributed by atoms with Crippen LogP contribution >= 0.6 is 0 Å². The Hall–Kier alpha value is -2.89. The van der Waals surface area contributed by atoms with Crippen LogP contribution in [0.25, 0.3) is 10.8 Å². The molecule has 0 atom stereocenters. The van der Waals surface area contributed by atoms with E-state index in [1.165, 1.54) is 6.21 Å². The summed E-state index contributed by atoms with van der Waals surface area (Å²) >= 11 is 0. The lowest BCUT2D eigenvalue weighted by Crippen LogP contribution is -2.02. The molecule has 0 fully saturated rings. The summed E-state index contributed by atoms with van der Waals surface area (Å²) in [6.07, 6.45) is 1.32. The van der Waals surface area contributed by atoms with Crippen LogP contribution in [0.15, 0.2) is 53.6 Å². The second-order valence-corrected chi connectivity index (χ2v) is 4.78. The second kappa shape index (κ2) is 6.08. The first-order valence-corrected chi connectivity index (χ1v) is 6.68. The zero-order valence-corrected chi connectivity index (χ0v) is 11.7. The Bertz CT molecular complexity index is 875. The molecule has 0 aromatic heterocycles. The van der Waals surface area contributed by atoms with Crippen molar-refractivity contribution in [3.63, 3.8) is 0 Å². The lowest BCUT2D eigenvalue weighted by atomic mass is 10.1. The van der Waals surface area contributed by atoms with Crippen molar-refractivity contribution in [2.45, 2.75) is 0 Å². The fraction of sp³-hybridized carbons (Fsp3) is 0. The lowest BCUT2D eigenvalue weighted by Gasteiger charge is -2.06. The van der Waals surface area contributed by atoms with Crippen LogP contribution in [0, 0.1) is 23.3 Å². The molecule has 2 nitrogen and oxygen atoms in total. The van der Waals surface area contributed by atoms with Gasteiger partial charge in [0.05, 0.1) is 6.21 Å². The number of rotatable bonds is 3. The molecule has 0 saturated carbocycles. The summed E-state index contributed by atoms with van der Waals surface area (Å²) in [4.78, 5) is 0. The van der Waals surface area contributed by atoms with Crippen LogP contribution in [0.1, 0.15) is 5.56 Å². The third-order valence-corrected chi connectivity index (χ3v) is 3.32. The van der Waals surface area contributed by atoms with E-state index < -0.39 is 29.0 Å². The van der Waals surface area contributed by atoms with Gasteiger partial charge in [-0.1, -0.05) is 42.5 Å². The summed E-state index contributed by atoms with van der Waals surface area (Å²) in [6.45, 7) is 0. The van der Waals surface area contributed by atoms with Crippen molar-refractivity contribution in [2.24, 2.45) is 5.10 Å². The van der Waals surface area contributed by atoms with Crippen molar-refractivity contribution in [3.05, 3.63) is 77.4 Å². The van der Waals surface area contributed by atoms with E-state index >= 15 is 0 Å². The Kier molecular flexibility index (Phi) is 3.97.